The first-order valence-electron chi connectivity index (χ1n) is 8.64. The molecule has 1 aliphatic heterocycles. The van der Waals surface area contributed by atoms with Gasteiger partial charge in [-0.1, -0.05) is 24.3 Å². The molecule has 3 rings (SSSR count). The Hall–Kier alpha value is -1.39. The van der Waals surface area contributed by atoms with E-state index in [1.807, 2.05) is 11.9 Å². The van der Waals surface area contributed by atoms with Crippen molar-refractivity contribution in [2.24, 2.45) is 5.41 Å². The maximum absolute atomic E-state index is 12.7. The third-order valence-electron chi connectivity index (χ3n) is 5.57. The second-order valence-corrected chi connectivity index (χ2v) is 7.16. The maximum Gasteiger partial charge on any atom is 0.222 e. The van der Waals surface area contributed by atoms with Crippen molar-refractivity contribution in [1.82, 2.24) is 4.90 Å². The van der Waals surface area contributed by atoms with E-state index in [-0.39, 0.29) is 17.9 Å². The van der Waals surface area contributed by atoms with Crippen molar-refractivity contribution in [3.05, 3.63) is 35.4 Å². The Morgan fingerprint density at radius 3 is 2.83 bits per heavy atom. The average Bonchev–Trinajstić information content (AvgIpc) is 2.99. The number of amides is 1. The SMILES string of the molecule is CN(CC1(CO)CCOCC1)C(=O)C[C@@H]1CCc2ccccc21. The molecule has 1 heterocycles. The molecule has 0 bridgehead atoms. The quantitative estimate of drug-likeness (QED) is 0.907. The number of rotatable bonds is 5. The van der Waals surface area contributed by atoms with Crippen molar-refractivity contribution < 1.29 is 14.6 Å². The molecule has 4 nitrogen and oxygen atoms in total. The van der Waals surface area contributed by atoms with Gasteiger partial charge in [-0.2, -0.15) is 0 Å². The zero-order valence-corrected chi connectivity index (χ0v) is 14.0. The van der Waals surface area contributed by atoms with Gasteiger partial charge in [0.1, 0.15) is 0 Å². The third-order valence-corrected chi connectivity index (χ3v) is 5.57. The molecule has 0 aromatic heterocycles. The lowest BCUT2D eigenvalue weighted by Gasteiger charge is -2.38. The van der Waals surface area contributed by atoms with Gasteiger partial charge in [0.25, 0.3) is 0 Å². The minimum Gasteiger partial charge on any atom is -0.396 e. The number of nitrogens with zero attached hydrogens (tertiary/aromatic N) is 1. The summed E-state index contributed by atoms with van der Waals surface area (Å²) in [6.45, 7) is 2.11. The predicted molar refractivity (Wildman–Crippen MR) is 89.3 cm³/mol. The molecule has 126 valence electrons. The van der Waals surface area contributed by atoms with Crippen LogP contribution in [-0.2, 0) is 16.0 Å². The summed E-state index contributed by atoms with van der Waals surface area (Å²) < 4.78 is 5.40. The number of fused-ring (bicyclic) bond motifs is 1. The molecule has 1 aliphatic carbocycles. The van der Waals surface area contributed by atoms with Gasteiger partial charge in [-0.3, -0.25) is 4.79 Å². The molecule has 1 aromatic rings. The first kappa shape index (κ1) is 16.5. The summed E-state index contributed by atoms with van der Waals surface area (Å²) in [7, 11) is 1.87. The maximum atomic E-state index is 12.7. The van der Waals surface area contributed by atoms with Crippen LogP contribution in [0.25, 0.3) is 0 Å². The van der Waals surface area contributed by atoms with Gasteiger partial charge in [0.2, 0.25) is 5.91 Å². The molecule has 1 fully saturated rings. The fourth-order valence-electron chi connectivity index (χ4n) is 3.99. The summed E-state index contributed by atoms with van der Waals surface area (Å²) in [5.41, 5.74) is 2.55. The molecule has 0 spiro atoms. The van der Waals surface area contributed by atoms with Crippen molar-refractivity contribution in [2.75, 3.05) is 33.4 Å². The van der Waals surface area contributed by atoms with E-state index >= 15 is 0 Å². The topological polar surface area (TPSA) is 49.8 Å². The Morgan fingerprint density at radius 2 is 2.09 bits per heavy atom. The highest BCUT2D eigenvalue weighted by Gasteiger charge is 2.35. The number of aliphatic hydroxyl groups excluding tert-OH is 1. The lowest BCUT2D eigenvalue weighted by molar-refractivity contribution is -0.133. The number of ether oxygens (including phenoxy) is 1. The van der Waals surface area contributed by atoms with Gasteiger partial charge in [0.05, 0.1) is 6.61 Å². The van der Waals surface area contributed by atoms with Crippen LogP contribution in [0.4, 0.5) is 0 Å². The van der Waals surface area contributed by atoms with Gasteiger partial charge in [0.15, 0.2) is 0 Å². The van der Waals surface area contributed by atoms with E-state index < -0.39 is 0 Å². The minimum absolute atomic E-state index is 0.125. The lowest BCUT2D eigenvalue weighted by atomic mass is 9.80. The average molecular weight is 317 g/mol. The van der Waals surface area contributed by atoms with Gasteiger partial charge in [-0.05, 0) is 42.7 Å². The molecule has 1 amide bonds. The summed E-state index contributed by atoms with van der Waals surface area (Å²) in [6.07, 6.45) is 4.37. The number of aryl methyl sites for hydroxylation is 1. The summed E-state index contributed by atoms with van der Waals surface area (Å²) in [6, 6.07) is 8.47. The van der Waals surface area contributed by atoms with Crippen molar-refractivity contribution in [1.29, 1.82) is 0 Å². The van der Waals surface area contributed by atoms with E-state index in [9.17, 15) is 9.90 Å². The Morgan fingerprint density at radius 1 is 1.35 bits per heavy atom. The molecule has 1 atom stereocenters. The van der Waals surface area contributed by atoms with Gasteiger partial charge >= 0.3 is 0 Å². The van der Waals surface area contributed by atoms with E-state index in [4.69, 9.17) is 4.74 Å². The van der Waals surface area contributed by atoms with Gasteiger partial charge in [-0.25, -0.2) is 0 Å². The molecule has 4 heteroatoms. The van der Waals surface area contributed by atoms with Gasteiger partial charge in [-0.15, -0.1) is 0 Å². The fraction of sp³-hybridized carbons (Fsp3) is 0.632. The second kappa shape index (κ2) is 7.02. The number of aliphatic hydroxyl groups is 1. The van der Waals surface area contributed by atoms with Gasteiger partial charge < -0.3 is 14.7 Å². The van der Waals surface area contributed by atoms with Crippen LogP contribution in [0.5, 0.6) is 0 Å². The minimum atomic E-state index is -0.184. The highest BCUT2D eigenvalue weighted by atomic mass is 16.5. The first-order chi connectivity index (χ1) is 11.1. The number of carbonyl (C=O) groups is 1. The van der Waals surface area contributed by atoms with E-state index in [1.165, 1.54) is 11.1 Å². The number of hydrogen-bond acceptors (Lipinski definition) is 3. The molecular weight excluding hydrogens is 290 g/mol. The van der Waals surface area contributed by atoms with Crippen LogP contribution in [-0.4, -0.2) is 49.3 Å². The standard InChI is InChI=1S/C19H27NO3/c1-20(13-19(14-21)8-10-23-11-9-19)18(22)12-16-7-6-15-4-2-3-5-17(15)16/h2-5,16,21H,6-14H2,1H3/t16-/m0/s1. The summed E-state index contributed by atoms with van der Waals surface area (Å²) in [5, 5.41) is 9.79. The van der Waals surface area contributed by atoms with Crippen LogP contribution < -0.4 is 0 Å². The highest BCUT2D eigenvalue weighted by molar-refractivity contribution is 5.77. The summed E-state index contributed by atoms with van der Waals surface area (Å²) in [5.74, 6) is 0.534. The monoisotopic (exact) mass is 317 g/mol. The Bertz CT molecular complexity index is 551. The fourth-order valence-corrected chi connectivity index (χ4v) is 3.99. The Kier molecular flexibility index (Phi) is 5.02. The second-order valence-electron chi connectivity index (χ2n) is 7.16. The highest BCUT2D eigenvalue weighted by Crippen LogP contribution is 2.36. The van der Waals surface area contributed by atoms with E-state index in [2.05, 4.69) is 24.3 Å². The summed E-state index contributed by atoms with van der Waals surface area (Å²) >= 11 is 0. The van der Waals surface area contributed by atoms with Crippen molar-refractivity contribution in [2.45, 2.75) is 38.0 Å². The zero-order valence-electron chi connectivity index (χ0n) is 14.0. The van der Waals surface area contributed by atoms with Gasteiger partial charge in [0, 0.05) is 38.6 Å². The van der Waals surface area contributed by atoms with Crippen molar-refractivity contribution >= 4 is 5.91 Å². The van der Waals surface area contributed by atoms with Crippen LogP contribution in [0.1, 0.15) is 42.7 Å². The molecule has 2 aliphatic rings. The van der Waals surface area contributed by atoms with Crippen molar-refractivity contribution in [3.63, 3.8) is 0 Å². The summed E-state index contributed by atoms with van der Waals surface area (Å²) in [4.78, 5) is 14.5. The Labute approximate surface area is 138 Å². The van der Waals surface area contributed by atoms with Crippen LogP contribution in [0.2, 0.25) is 0 Å². The molecule has 0 unspecified atom stereocenters. The van der Waals surface area contributed by atoms with E-state index in [0.717, 1.165) is 25.7 Å². The van der Waals surface area contributed by atoms with Crippen molar-refractivity contribution in [3.8, 4) is 0 Å². The molecule has 0 radical (unpaired) electrons. The molecular formula is C19H27NO3. The third kappa shape index (κ3) is 3.59. The smallest absolute Gasteiger partial charge is 0.222 e. The first-order valence-corrected chi connectivity index (χ1v) is 8.64. The molecule has 1 aromatic carbocycles. The zero-order chi connectivity index (χ0) is 16.3. The number of benzene rings is 1. The largest absolute Gasteiger partial charge is 0.396 e. The van der Waals surface area contributed by atoms with E-state index in [0.29, 0.717) is 32.1 Å². The van der Waals surface area contributed by atoms with Crippen LogP contribution in [0.3, 0.4) is 0 Å². The Balaban J connectivity index is 1.60. The number of hydrogen-bond donors (Lipinski definition) is 1. The molecule has 23 heavy (non-hydrogen) atoms. The molecule has 0 saturated carbocycles. The number of carbonyl (C=O) groups excluding carboxylic acids is 1. The van der Waals surface area contributed by atoms with Crippen LogP contribution in [0, 0.1) is 5.41 Å². The van der Waals surface area contributed by atoms with E-state index in [1.54, 1.807) is 0 Å². The normalized spacial score (nSPS) is 22.6. The van der Waals surface area contributed by atoms with Crippen LogP contribution in [0.15, 0.2) is 24.3 Å². The lowest BCUT2D eigenvalue weighted by Crippen LogP contribution is -2.44. The predicted octanol–water partition coefficient (Wildman–Crippen LogP) is 2.35. The molecule has 1 N–H and O–H groups in total. The molecule has 1 saturated heterocycles. The van der Waals surface area contributed by atoms with Crippen LogP contribution >= 0.6 is 0 Å².